The molecular weight excluding hydrogens is 550 g/mol. The first-order valence-electron chi connectivity index (χ1n) is 13.3. The summed E-state index contributed by atoms with van der Waals surface area (Å²) in [5.41, 5.74) is 1.96. The van der Waals surface area contributed by atoms with Crippen LogP contribution in [0.25, 0.3) is 0 Å². The molecule has 0 amide bonds. The van der Waals surface area contributed by atoms with Crippen molar-refractivity contribution >= 4 is 21.7 Å². The van der Waals surface area contributed by atoms with E-state index in [1.54, 1.807) is 18.3 Å². The van der Waals surface area contributed by atoms with Crippen LogP contribution in [0.3, 0.4) is 0 Å². The van der Waals surface area contributed by atoms with Crippen molar-refractivity contribution in [2.24, 2.45) is 0 Å². The summed E-state index contributed by atoms with van der Waals surface area (Å²) in [5, 5.41) is 0. The fourth-order valence-electron chi connectivity index (χ4n) is 5.19. The van der Waals surface area contributed by atoms with Gasteiger partial charge in [0.15, 0.2) is 24.5 Å². The zero-order chi connectivity index (χ0) is 25.9. The second kappa shape index (κ2) is 11.4. The molecule has 38 heavy (non-hydrogen) atoms. The van der Waals surface area contributed by atoms with E-state index in [1.807, 2.05) is 42.5 Å². The summed E-state index contributed by atoms with van der Waals surface area (Å²) in [6.45, 7) is 1.38. The number of ether oxygens (including phenoxy) is 5. The number of halogens is 1. The summed E-state index contributed by atoms with van der Waals surface area (Å²) < 4.78 is 31.0. The van der Waals surface area contributed by atoms with Crippen LogP contribution in [-0.2, 0) is 9.47 Å². The molecule has 4 heterocycles. The zero-order valence-corrected chi connectivity index (χ0v) is 22.6. The molecule has 3 aliphatic rings. The second-order valence-electron chi connectivity index (χ2n) is 9.84. The van der Waals surface area contributed by atoms with E-state index in [0.717, 1.165) is 48.6 Å². The minimum absolute atomic E-state index is 0.0537. The standard InChI is InChI=1S/C30H30BrNO6/c31-20-10-12-24(32-18-20)30-28(19-6-5-7-21(16-19)36-26-8-1-3-14-34-26)29(33)23-17-22(11-13-25(23)38-30)37-27-9-2-4-15-35-27/h5-7,10-13,16-18,26-28,30H,1-4,8-9,14-15H2. The highest BCUT2D eigenvalue weighted by Crippen LogP contribution is 2.45. The van der Waals surface area contributed by atoms with Crippen LogP contribution in [0.15, 0.2) is 65.3 Å². The van der Waals surface area contributed by atoms with Crippen molar-refractivity contribution in [1.29, 1.82) is 0 Å². The van der Waals surface area contributed by atoms with Crippen LogP contribution in [0, 0.1) is 0 Å². The molecule has 2 aromatic carbocycles. The summed E-state index contributed by atoms with van der Waals surface area (Å²) in [5.74, 6) is 1.11. The number of Topliss-reactive ketones (excluding diaryl/α,β-unsaturated/α-hetero) is 1. The molecule has 0 bridgehead atoms. The molecule has 3 aromatic rings. The average molecular weight is 580 g/mol. The molecule has 8 heteroatoms. The largest absolute Gasteiger partial charge is 0.482 e. The number of nitrogens with zero attached hydrogens (tertiary/aromatic N) is 1. The Kier molecular flexibility index (Phi) is 7.63. The molecule has 2 saturated heterocycles. The maximum Gasteiger partial charge on any atom is 0.199 e. The third-order valence-electron chi connectivity index (χ3n) is 7.13. The van der Waals surface area contributed by atoms with Gasteiger partial charge in [0.2, 0.25) is 0 Å². The van der Waals surface area contributed by atoms with Gasteiger partial charge in [-0.2, -0.15) is 0 Å². The van der Waals surface area contributed by atoms with Gasteiger partial charge >= 0.3 is 0 Å². The molecule has 4 atom stereocenters. The Morgan fingerprint density at radius 1 is 0.842 bits per heavy atom. The monoisotopic (exact) mass is 579 g/mol. The van der Waals surface area contributed by atoms with E-state index in [4.69, 9.17) is 23.7 Å². The van der Waals surface area contributed by atoms with Crippen LogP contribution in [0.2, 0.25) is 0 Å². The molecule has 0 saturated carbocycles. The van der Waals surface area contributed by atoms with E-state index in [0.29, 0.717) is 41.7 Å². The van der Waals surface area contributed by atoms with Crippen molar-refractivity contribution in [1.82, 2.24) is 4.98 Å². The highest BCUT2D eigenvalue weighted by molar-refractivity contribution is 9.10. The van der Waals surface area contributed by atoms with Crippen LogP contribution >= 0.6 is 15.9 Å². The first-order chi connectivity index (χ1) is 18.6. The predicted molar refractivity (Wildman–Crippen MR) is 144 cm³/mol. The van der Waals surface area contributed by atoms with Crippen LogP contribution in [0.4, 0.5) is 0 Å². The van der Waals surface area contributed by atoms with Gasteiger partial charge in [-0.05, 0) is 89.6 Å². The molecule has 0 spiro atoms. The number of aromatic nitrogens is 1. The van der Waals surface area contributed by atoms with Crippen LogP contribution in [-0.4, -0.2) is 36.6 Å². The highest BCUT2D eigenvalue weighted by Gasteiger charge is 2.40. The molecular formula is C30H30BrNO6. The lowest BCUT2D eigenvalue weighted by Crippen LogP contribution is -2.31. The summed E-state index contributed by atoms with van der Waals surface area (Å²) in [7, 11) is 0. The summed E-state index contributed by atoms with van der Waals surface area (Å²) >= 11 is 3.45. The molecule has 3 aliphatic heterocycles. The Hall–Kier alpha value is -2.94. The Labute approximate surface area is 230 Å². The molecule has 0 N–H and O–H groups in total. The number of benzene rings is 2. The molecule has 1 aromatic heterocycles. The SMILES string of the molecule is O=C1c2cc(OC3CCCCO3)ccc2OC(c2ccc(Br)cn2)C1c1cccc(OC2CCCCO2)c1. The lowest BCUT2D eigenvalue weighted by Gasteiger charge is -2.33. The van der Waals surface area contributed by atoms with E-state index in [9.17, 15) is 4.79 Å². The fourth-order valence-corrected chi connectivity index (χ4v) is 5.43. The molecule has 4 unspecified atom stereocenters. The van der Waals surface area contributed by atoms with Gasteiger partial charge in [-0.1, -0.05) is 12.1 Å². The van der Waals surface area contributed by atoms with Crippen LogP contribution in [0.1, 0.15) is 72.2 Å². The third kappa shape index (κ3) is 5.58. The Balaban J connectivity index is 1.33. The van der Waals surface area contributed by atoms with Gasteiger partial charge in [-0.25, -0.2) is 0 Å². The van der Waals surface area contributed by atoms with E-state index in [-0.39, 0.29) is 18.4 Å². The van der Waals surface area contributed by atoms with Crippen molar-refractivity contribution in [3.8, 4) is 17.2 Å². The van der Waals surface area contributed by atoms with Gasteiger partial charge in [0.25, 0.3) is 0 Å². The van der Waals surface area contributed by atoms with Crippen molar-refractivity contribution in [2.75, 3.05) is 13.2 Å². The smallest absolute Gasteiger partial charge is 0.199 e. The fraction of sp³-hybridized carbons (Fsp3) is 0.400. The molecule has 0 aliphatic carbocycles. The Morgan fingerprint density at radius 2 is 1.58 bits per heavy atom. The number of hydrogen-bond donors (Lipinski definition) is 0. The van der Waals surface area contributed by atoms with Gasteiger partial charge in [0.05, 0.1) is 30.4 Å². The minimum Gasteiger partial charge on any atom is -0.482 e. The lowest BCUT2D eigenvalue weighted by molar-refractivity contribution is -0.106. The number of pyridine rings is 1. The van der Waals surface area contributed by atoms with Gasteiger partial charge in [-0.3, -0.25) is 9.78 Å². The summed E-state index contributed by atoms with van der Waals surface area (Å²) in [6.07, 6.45) is 6.45. The van der Waals surface area contributed by atoms with Gasteiger partial charge in [0, 0.05) is 23.5 Å². The van der Waals surface area contributed by atoms with E-state index >= 15 is 0 Å². The quantitative estimate of drug-likeness (QED) is 0.319. The predicted octanol–water partition coefficient (Wildman–Crippen LogP) is 6.76. The normalized spacial score (nSPS) is 25.2. The van der Waals surface area contributed by atoms with E-state index in [2.05, 4.69) is 20.9 Å². The summed E-state index contributed by atoms with van der Waals surface area (Å²) in [4.78, 5) is 18.7. The zero-order valence-electron chi connectivity index (χ0n) is 21.0. The summed E-state index contributed by atoms with van der Waals surface area (Å²) in [6, 6.07) is 16.8. The Morgan fingerprint density at radius 3 is 2.24 bits per heavy atom. The number of carbonyl (C=O) groups excluding carboxylic acids is 1. The maximum absolute atomic E-state index is 14.1. The number of ketones is 1. The third-order valence-corrected chi connectivity index (χ3v) is 7.59. The van der Waals surface area contributed by atoms with E-state index in [1.165, 1.54) is 0 Å². The van der Waals surface area contributed by atoms with Crippen molar-refractivity contribution < 1.29 is 28.5 Å². The number of carbonyl (C=O) groups is 1. The van der Waals surface area contributed by atoms with E-state index < -0.39 is 12.0 Å². The molecule has 6 rings (SSSR count). The second-order valence-corrected chi connectivity index (χ2v) is 10.8. The first-order valence-corrected chi connectivity index (χ1v) is 14.1. The first kappa shape index (κ1) is 25.3. The Bertz CT molecular complexity index is 1270. The topological polar surface area (TPSA) is 76.1 Å². The van der Waals surface area contributed by atoms with Gasteiger partial charge in [-0.15, -0.1) is 0 Å². The number of hydrogen-bond acceptors (Lipinski definition) is 7. The van der Waals surface area contributed by atoms with Crippen LogP contribution in [0.5, 0.6) is 17.2 Å². The molecule has 2 fully saturated rings. The molecule has 198 valence electrons. The van der Waals surface area contributed by atoms with Crippen molar-refractivity contribution in [2.45, 2.75) is 63.1 Å². The van der Waals surface area contributed by atoms with Gasteiger partial charge in [0.1, 0.15) is 17.2 Å². The lowest BCUT2D eigenvalue weighted by atomic mass is 9.82. The average Bonchev–Trinajstić information content (AvgIpc) is 2.95. The molecule has 0 radical (unpaired) electrons. The highest BCUT2D eigenvalue weighted by atomic mass is 79.9. The maximum atomic E-state index is 14.1. The van der Waals surface area contributed by atoms with Crippen molar-refractivity contribution in [3.05, 3.63) is 82.1 Å². The van der Waals surface area contributed by atoms with Crippen molar-refractivity contribution in [3.63, 3.8) is 0 Å². The number of rotatable bonds is 6. The molecule has 7 nitrogen and oxygen atoms in total. The minimum atomic E-state index is -0.617. The van der Waals surface area contributed by atoms with Crippen LogP contribution < -0.4 is 14.2 Å². The van der Waals surface area contributed by atoms with Gasteiger partial charge < -0.3 is 23.7 Å². The number of fused-ring (bicyclic) bond motifs is 1.